The van der Waals surface area contributed by atoms with E-state index in [1.165, 1.54) is 6.07 Å². The molecule has 0 spiro atoms. The van der Waals surface area contributed by atoms with Crippen LogP contribution in [0.2, 0.25) is 0 Å². The lowest BCUT2D eigenvalue weighted by atomic mass is 10.3. The lowest BCUT2D eigenvalue weighted by Gasteiger charge is -2.12. The van der Waals surface area contributed by atoms with Crippen LogP contribution in [-0.2, 0) is 0 Å². The van der Waals surface area contributed by atoms with Crippen LogP contribution in [0.1, 0.15) is 20.3 Å². The van der Waals surface area contributed by atoms with E-state index in [4.69, 9.17) is 4.74 Å². The van der Waals surface area contributed by atoms with Crippen molar-refractivity contribution in [2.24, 2.45) is 0 Å². The minimum absolute atomic E-state index is 0.273. The van der Waals surface area contributed by atoms with Crippen LogP contribution in [0, 0.1) is 5.82 Å². The molecule has 1 N–H and O–H groups in total. The Morgan fingerprint density at radius 2 is 2.25 bits per heavy atom. The van der Waals surface area contributed by atoms with E-state index < -0.39 is 0 Å². The summed E-state index contributed by atoms with van der Waals surface area (Å²) in [6, 6.07) is 5.16. The van der Waals surface area contributed by atoms with Crippen molar-refractivity contribution in [2.45, 2.75) is 26.3 Å². The molecule has 1 aromatic carbocycles. The van der Waals surface area contributed by atoms with Crippen molar-refractivity contribution in [3.63, 3.8) is 0 Å². The van der Waals surface area contributed by atoms with Crippen LogP contribution < -0.4 is 10.1 Å². The minimum atomic E-state index is -0.273. The molecule has 0 radical (unpaired) electrons. The van der Waals surface area contributed by atoms with Gasteiger partial charge in [-0.1, -0.05) is 6.92 Å². The van der Waals surface area contributed by atoms with Gasteiger partial charge in [0.05, 0.1) is 4.47 Å². The first-order valence-corrected chi connectivity index (χ1v) is 6.24. The van der Waals surface area contributed by atoms with E-state index >= 15 is 0 Å². The molecule has 2 nitrogen and oxygen atoms in total. The molecule has 1 unspecified atom stereocenters. The second-order valence-electron chi connectivity index (χ2n) is 3.69. The summed E-state index contributed by atoms with van der Waals surface area (Å²) < 4.78 is 18.8. The molecule has 1 rings (SSSR count). The molecule has 90 valence electrons. The number of ether oxygens (including phenoxy) is 1. The molecule has 0 saturated carbocycles. The molecule has 1 aromatic rings. The van der Waals surface area contributed by atoms with Gasteiger partial charge in [-0.25, -0.2) is 4.39 Å². The van der Waals surface area contributed by atoms with Crippen LogP contribution in [0.25, 0.3) is 0 Å². The monoisotopic (exact) mass is 289 g/mol. The maximum absolute atomic E-state index is 12.9. The van der Waals surface area contributed by atoms with Gasteiger partial charge in [-0.15, -0.1) is 0 Å². The zero-order chi connectivity index (χ0) is 12.0. The van der Waals surface area contributed by atoms with E-state index in [2.05, 4.69) is 35.1 Å². The van der Waals surface area contributed by atoms with Gasteiger partial charge < -0.3 is 10.1 Å². The number of nitrogens with one attached hydrogen (secondary N) is 1. The third kappa shape index (κ3) is 4.49. The summed E-state index contributed by atoms with van der Waals surface area (Å²) in [5, 5.41) is 3.32. The fourth-order valence-corrected chi connectivity index (χ4v) is 1.54. The molecule has 0 heterocycles. The number of halogens is 2. The molecule has 0 saturated heterocycles. The summed E-state index contributed by atoms with van der Waals surface area (Å²) in [7, 11) is 0. The third-order valence-electron chi connectivity index (χ3n) is 2.37. The van der Waals surface area contributed by atoms with Crippen molar-refractivity contribution >= 4 is 15.9 Å². The van der Waals surface area contributed by atoms with Crippen molar-refractivity contribution < 1.29 is 9.13 Å². The molecule has 16 heavy (non-hydrogen) atoms. The fraction of sp³-hybridized carbons (Fsp3) is 0.500. The molecule has 0 aliphatic rings. The fourth-order valence-electron chi connectivity index (χ4n) is 1.19. The Labute approximate surface area is 104 Å². The van der Waals surface area contributed by atoms with E-state index in [0.29, 0.717) is 22.9 Å². The number of benzene rings is 1. The maximum Gasteiger partial charge on any atom is 0.137 e. The highest BCUT2D eigenvalue weighted by Crippen LogP contribution is 2.21. The van der Waals surface area contributed by atoms with Crippen LogP contribution in [-0.4, -0.2) is 19.2 Å². The molecule has 0 bridgehead atoms. The molecular weight excluding hydrogens is 273 g/mol. The Balaban J connectivity index is 2.29. The van der Waals surface area contributed by atoms with E-state index in [0.717, 1.165) is 13.0 Å². The summed E-state index contributed by atoms with van der Waals surface area (Å²) in [5.74, 6) is 0.407. The van der Waals surface area contributed by atoms with Crippen LogP contribution in [0.3, 0.4) is 0 Å². The van der Waals surface area contributed by atoms with Crippen LogP contribution in [0.15, 0.2) is 22.7 Å². The van der Waals surface area contributed by atoms with Gasteiger partial charge in [0.15, 0.2) is 0 Å². The van der Waals surface area contributed by atoms with E-state index in [1.807, 2.05) is 0 Å². The minimum Gasteiger partial charge on any atom is -0.492 e. The number of hydrogen-bond acceptors (Lipinski definition) is 2. The van der Waals surface area contributed by atoms with Crippen molar-refractivity contribution in [3.05, 3.63) is 28.5 Å². The average molecular weight is 290 g/mol. The second-order valence-corrected chi connectivity index (χ2v) is 4.54. The molecule has 0 aromatic heterocycles. The Kier molecular flexibility index (Phi) is 5.77. The van der Waals surface area contributed by atoms with Gasteiger partial charge in [-0.05, 0) is 47.5 Å². The van der Waals surface area contributed by atoms with Crippen molar-refractivity contribution in [2.75, 3.05) is 13.2 Å². The van der Waals surface area contributed by atoms with Gasteiger partial charge in [0.2, 0.25) is 0 Å². The lowest BCUT2D eigenvalue weighted by Crippen LogP contribution is -2.29. The van der Waals surface area contributed by atoms with Crippen molar-refractivity contribution in [3.8, 4) is 5.75 Å². The van der Waals surface area contributed by atoms with Crippen LogP contribution in [0.4, 0.5) is 4.39 Å². The first-order chi connectivity index (χ1) is 7.63. The van der Waals surface area contributed by atoms with Gasteiger partial charge >= 0.3 is 0 Å². The van der Waals surface area contributed by atoms with Gasteiger partial charge in [-0.3, -0.25) is 0 Å². The molecule has 4 heteroatoms. The Morgan fingerprint density at radius 1 is 1.50 bits per heavy atom. The van der Waals surface area contributed by atoms with Gasteiger partial charge in [-0.2, -0.15) is 0 Å². The number of hydrogen-bond donors (Lipinski definition) is 1. The summed E-state index contributed by atoms with van der Waals surface area (Å²) in [6.45, 7) is 5.65. The highest BCUT2D eigenvalue weighted by Gasteiger charge is 2.01. The maximum atomic E-state index is 12.9. The van der Waals surface area contributed by atoms with E-state index in [9.17, 15) is 4.39 Å². The molecule has 0 aliphatic carbocycles. The summed E-state index contributed by atoms with van der Waals surface area (Å²) in [6.07, 6.45) is 1.10. The van der Waals surface area contributed by atoms with Crippen molar-refractivity contribution in [1.29, 1.82) is 0 Å². The third-order valence-corrected chi connectivity index (χ3v) is 2.97. The first-order valence-electron chi connectivity index (χ1n) is 5.44. The summed E-state index contributed by atoms with van der Waals surface area (Å²) in [5.41, 5.74) is 0. The molecule has 1 atom stereocenters. The predicted octanol–water partition coefficient (Wildman–Crippen LogP) is 3.36. The smallest absolute Gasteiger partial charge is 0.137 e. The zero-order valence-electron chi connectivity index (χ0n) is 9.59. The average Bonchev–Trinajstić information content (AvgIpc) is 2.28. The zero-order valence-corrected chi connectivity index (χ0v) is 11.2. The molecular formula is C12H17BrFNO. The lowest BCUT2D eigenvalue weighted by molar-refractivity contribution is 0.305. The number of rotatable bonds is 6. The van der Waals surface area contributed by atoms with E-state index in [-0.39, 0.29) is 5.82 Å². The Morgan fingerprint density at radius 3 is 2.88 bits per heavy atom. The molecule has 0 amide bonds. The highest BCUT2D eigenvalue weighted by atomic mass is 79.9. The van der Waals surface area contributed by atoms with Crippen LogP contribution in [0.5, 0.6) is 5.75 Å². The van der Waals surface area contributed by atoms with Gasteiger partial charge in [0, 0.05) is 12.6 Å². The van der Waals surface area contributed by atoms with Gasteiger partial charge in [0.25, 0.3) is 0 Å². The quantitative estimate of drug-likeness (QED) is 0.811. The normalized spacial score (nSPS) is 12.5. The van der Waals surface area contributed by atoms with Gasteiger partial charge in [0.1, 0.15) is 18.2 Å². The topological polar surface area (TPSA) is 21.3 Å². The summed E-state index contributed by atoms with van der Waals surface area (Å²) in [4.78, 5) is 0. The standard InChI is InChI=1S/C12H17BrFNO/c1-3-9(2)15-6-7-16-10-4-5-12(14)11(13)8-10/h4-5,8-9,15H,3,6-7H2,1-2H3. The molecule has 0 fully saturated rings. The van der Waals surface area contributed by atoms with Crippen molar-refractivity contribution in [1.82, 2.24) is 5.32 Å². The first kappa shape index (κ1) is 13.5. The van der Waals surface area contributed by atoms with E-state index in [1.54, 1.807) is 12.1 Å². The SMILES string of the molecule is CCC(C)NCCOc1ccc(F)c(Br)c1. The Hall–Kier alpha value is -0.610. The second kappa shape index (κ2) is 6.86. The Bertz CT molecular complexity index is 333. The summed E-state index contributed by atoms with van der Waals surface area (Å²) >= 11 is 3.12. The predicted molar refractivity (Wildman–Crippen MR) is 67.4 cm³/mol. The van der Waals surface area contributed by atoms with Crippen LogP contribution >= 0.6 is 15.9 Å². The highest BCUT2D eigenvalue weighted by molar-refractivity contribution is 9.10. The molecule has 0 aliphatic heterocycles. The largest absolute Gasteiger partial charge is 0.492 e.